The predicted molar refractivity (Wildman–Crippen MR) is 140 cm³/mol. The molecule has 3 aliphatic rings. The van der Waals surface area contributed by atoms with Crippen LogP contribution in [0.4, 0.5) is 0 Å². The lowest BCUT2D eigenvalue weighted by atomic mass is 10.0. The largest absolute Gasteiger partial charge is 0.493 e. The van der Waals surface area contributed by atoms with E-state index in [0.29, 0.717) is 19.5 Å². The Morgan fingerprint density at radius 2 is 2.09 bits per heavy atom. The topological polar surface area (TPSA) is 83.0 Å². The highest BCUT2D eigenvalue weighted by Gasteiger charge is 2.36. The number of hydrogen-bond acceptors (Lipinski definition) is 7. The Labute approximate surface area is 208 Å². The summed E-state index contributed by atoms with van der Waals surface area (Å²) >= 11 is 1.76. The molecule has 1 saturated heterocycles. The van der Waals surface area contributed by atoms with Crippen molar-refractivity contribution in [2.45, 2.75) is 70.2 Å². The van der Waals surface area contributed by atoms with E-state index >= 15 is 0 Å². The minimum Gasteiger partial charge on any atom is -0.493 e. The van der Waals surface area contributed by atoms with Gasteiger partial charge in [-0.3, -0.25) is 0 Å². The van der Waals surface area contributed by atoms with Gasteiger partial charge in [-0.2, -0.15) is 0 Å². The first-order valence-corrected chi connectivity index (χ1v) is 14.8. The molecular weight excluding hydrogens is 468 g/mol. The standard InChI is InChI=1S/C25H36N4O3S2/c1-5-18-13-17(4)23-24(26-16-18)29(10-8-12-34(30,31)27-7-3)25(28-23)33-22-15-21-20(9-11-32-21)14-19(22)6-2/h14-16,25,27-28H,5-13H2,1-4H3. The quantitative estimate of drug-likeness (QED) is 0.498. The number of aliphatic imine (C=N–C) groups is 1. The molecule has 3 aliphatic heterocycles. The van der Waals surface area contributed by atoms with E-state index in [4.69, 9.17) is 9.73 Å². The molecule has 186 valence electrons. The number of benzene rings is 1. The fourth-order valence-corrected chi connectivity index (χ4v) is 6.99. The summed E-state index contributed by atoms with van der Waals surface area (Å²) in [5.41, 5.74) is 6.19. The molecule has 0 aliphatic carbocycles. The molecule has 1 aromatic carbocycles. The number of nitrogens with zero attached hydrogens (tertiary/aromatic N) is 2. The molecule has 4 rings (SSSR count). The highest BCUT2D eigenvalue weighted by Crippen LogP contribution is 2.39. The number of fused-ring (bicyclic) bond motifs is 2. The van der Waals surface area contributed by atoms with Crippen LogP contribution in [-0.2, 0) is 22.9 Å². The zero-order valence-electron chi connectivity index (χ0n) is 20.6. The summed E-state index contributed by atoms with van der Waals surface area (Å²) in [6.07, 6.45) is 6.31. The van der Waals surface area contributed by atoms with Gasteiger partial charge in [0.25, 0.3) is 0 Å². The van der Waals surface area contributed by atoms with E-state index in [2.05, 4.69) is 47.8 Å². The smallest absolute Gasteiger partial charge is 0.211 e. The SMILES string of the molecule is CCNS(=O)(=O)CCCN1C2=NC=C(CC)CC(C)=C2NC1Sc1cc2c(cc1CC)CCO2. The van der Waals surface area contributed by atoms with Crippen LogP contribution in [0.2, 0.25) is 0 Å². The summed E-state index contributed by atoms with van der Waals surface area (Å²) in [6, 6.07) is 4.46. The lowest BCUT2D eigenvalue weighted by Crippen LogP contribution is -2.37. The number of rotatable bonds is 10. The summed E-state index contributed by atoms with van der Waals surface area (Å²) in [5, 5.41) is 3.72. The van der Waals surface area contributed by atoms with Crippen molar-refractivity contribution in [1.29, 1.82) is 0 Å². The lowest BCUT2D eigenvalue weighted by Gasteiger charge is -2.26. The Bertz CT molecular complexity index is 1130. The summed E-state index contributed by atoms with van der Waals surface area (Å²) in [7, 11) is -3.26. The molecule has 1 fully saturated rings. The van der Waals surface area contributed by atoms with Gasteiger partial charge in [0.1, 0.15) is 5.75 Å². The predicted octanol–water partition coefficient (Wildman–Crippen LogP) is 4.16. The Morgan fingerprint density at radius 3 is 2.82 bits per heavy atom. The zero-order valence-corrected chi connectivity index (χ0v) is 22.2. The number of nitrogens with one attached hydrogen (secondary N) is 2. The van der Waals surface area contributed by atoms with Gasteiger partial charge in [0, 0.05) is 30.6 Å². The van der Waals surface area contributed by atoms with Gasteiger partial charge in [-0.05, 0) is 60.9 Å². The fourth-order valence-electron chi connectivity index (χ4n) is 4.61. The summed E-state index contributed by atoms with van der Waals surface area (Å²) in [4.78, 5) is 8.30. The van der Waals surface area contributed by atoms with Crippen molar-refractivity contribution in [3.8, 4) is 5.75 Å². The average molecular weight is 505 g/mol. The van der Waals surface area contributed by atoms with Crippen LogP contribution >= 0.6 is 11.8 Å². The van der Waals surface area contributed by atoms with Gasteiger partial charge in [-0.15, -0.1) is 0 Å². The van der Waals surface area contributed by atoms with E-state index in [0.717, 1.165) is 49.6 Å². The van der Waals surface area contributed by atoms with Crippen molar-refractivity contribution in [2.75, 3.05) is 25.4 Å². The van der Waals surface area contributed by atoms with Crippen molar-refractivity contribution >= 4 is 27.6 Å². The highest BCUT2D eigenvalue weighted by molar-refractivity contribution is 8.00. The van der Waals surface area contributed by atoms with Crippen molar-refractivity contribution in [1.82, 2.24) is 14.9 Å². The third-order valence-corrected chi connectivity index (χ3v) is 9.24. The second-order valence-electron chi connectivity index (χ2n) is 8.92. The third-order valence-electron chi connectivity index (χ3n) is 6.46. The van der Waals surface area contributed by atoms with Crippen LogP contribution in [0.3, 0.4) is 0 Å². The Balaban J connectivity index is 1.62. The second kappa shape index (κ2) is 10.7. The number of ether oxygens (including phenoxy) is 1. The molecule has 1 atom stereocenters. The Hall–Kier alpha value is -1.97. The normalized spacial score (nSPS) is 19.8. The number of sulfonamides is 1. The van der Waals surface area contributed by atoms with Gasteiger partial charge >= 0.3 is 0 Å². The van der Waals surface area contributed by atoms with Gasteiger partial charge in [-0.25, -0.2) is 18.1 Å². The average Bonchev–Trinajstić information content (AvgIpc) is 3.35. The van der Waals surface area contributed by atoms with E-state index in [1.807, 2.05) is 6.20 Å². The molecule has 9 heteroatoms. The molecule has 0 radical (unpaired) electrons. The van der Waals surface area contributed by atoms with E-state index in [9.17, 15) is 8.42 Å². The number of thioether (sulfide) groups is 1. The summed E-state index contributed by atoms with van der Waals surface area (Å²) in [6.45, 7) is 10.1. The summed E-state index contributed by atoms with van der Waals surface area (Å²) < 4.78 is 32.9. The first kappa shape index (κ1) is 25.1. The molecule has 0 saturated carbocycles. The van der Waals surface area contributed by atoms with E-state index in [1.54, 1.807) is 18.7 Å². The molecule has 0 bridgehead atoms. The van der Waals surface area contributed by atoms with Crippen LogP contribution in [0, 0.1) is 0 Å². The highest BCUT2D eigenvalue weighted by atomic mass is 32.2. The van der Waals surface area contributed by atoms with Crippen LogP contribution < -0.4 is 14.8 Å². The van der Waals surface area contributed by atoms with E-state index < -0.39 is 10.0 Å². The van der Waals surface area contributed by atoms with Crippen LogP contribution in [0.25, 0.3) is 0 Å². The van der Waals surface area contributed by atoms with E-state index in [1.165, 1.54) is 27.2 Å². The molecule has 0 amide bonds. The third kappa shape index (κ3) is 5.47. The molecule has 1 aromatic rings. The van der Waals surface area contributed by atoms with E-state index in [-0.39, 0.29) is 11.3 Å². The minimum atomic E-state index is -3.26. The van der Waals surface area contributed by atoms with Gasteiger partial charge in [-0.1, -0.05) is 38.6 Å². The van der Waals surface area contributed by atoms with Crippen molar-refractivity contribution in [2.24, 2.45) is 4.99 Å². The maximum Gasteiger partial charge on any atom is 0.211 e. The molecule has 0 aromatic heterocycles. The lowest BCUT2D eigenvalue weighted by molar-refractivity contribution is 0.356. The molecule has 3 heterocycles. The maximum atomic E-state index is 12.2. The van der Waals surface area contributed by atoms with Crippen molar-refractivity contribution < 1.29 is 13.2 Å². The molecule has 0 spiro atoms. The van der Waals surface area contributed by atoms with Gasteiger partial charge in [0.15, 0.2) is 11.3 Å². The first-order chi connectivity index (χ1) is 16.3. The molecule has 1 unspecified atom stereocenters. The van der Waals surface area contributed by atoms with Crippen LogP contribution in [0.15, 0.2) is 45.1 Å². The zero-order chi connectivity index (χ0) is 24.3. The van der Waals surface area contributed by atoms with Crippen LogP contribution in [0.5, 0.6) is 5.75 Å². The second-order valence-corrected chi connectivity index (χ2v) is 12.0. The summed E-state index contributed by atoms with van der Waals surface area (Å²) in [5.74, 6) is 2.00. The Kier molecular flexibility index (Phi) is 7.94. The van der Waals surface area contributed by atoms with Crippen LogP contribution in [0.1, 0.15) is 58.1 Å². The maximum absolute atomic E-state index is 12.2. The molecule has 2 N–H and O–H groups in total. The molecular formula is C25H36N4O3S2. The van der Waals surface area contributed by atoms with Crippen LogP contribution in [-0.4, -0.2) is 50.1 Å². The van der Waals surface area contributed by atoms with Crippen molar-refractivity contribution in [3.63, 3.8) is 0 Å². The van der Waals surface area contributed by atoms with Gasteiger partial charge in [0.05, 0.1) is 18.1 Å². The number of hydrogen-bond donors (Lipinski definition) is 2. The fraction of sp³-hybridized carbons (Fsp3) is 0.560. The first-order valence-electron chi connectivity index (χ1n) is 12.3. The van der Waals surface area contributed by atoms with Crippen molar-refractivity contribution in [3.05, 3.63) is 46.3 Å². The van der Waals surface area contributed by atoms with Gasteiger partial charge < -0.3 is 15.0 Å². The molecule has 7 nitrogen and oxygen atoms in total. The number of amidine groups is 1. The number of allylic oxidation sites excluding steroid dienone is 2. The monoisotopic (exact) mass is 504 g/mol. The molecule has 34 heavy (non-hydrogen) atoms. The number of aryl methyl sites for hydroxylation is 1. The minimum absolute atomic E-state index is 0.0631. The van der Waals surface area contributed by atoms with Gasteiger partial charge in [0.2, 0.25) is 10.0 Å². The Morgan fingerprint density at radius 1 is 1.26 bits per heavy atom.